The third kappa shape index (κ3) is 3.83. The molecule has 0 amide bonds. The van der Waals surface area contributed by atoms with E-state index in [1.165, 1.54) is 56.4 Å². The average molecular weight is 430 g/mol. The first kappa shape index (κ1) is 19.9. The van der Waals surface area contributed by atoms with Crippen LogP contribution in [0.25, 0.3) is 0 Å². The molecule has 2 heterocycles. The number of nitrogens with zero attached hydrogens (tertiary/aromatic N) is 2. The molecule has 2 nitrogen and oxygen atoms in total. The van der Waals surface area contributed by atoms with Gasteiger partial charge in [0.05, 0.1) is 22.1 Å². The molecule has 5 rings (SSSR count). The second-order valence-corrected chi connectivity index (χ2v) is 10.0. The Bertz CT molecular complexity index is 1230. The molecule has 0 saturated carbocycles. The minimum Gasteiger partial charge on any atom is -0.247 e. The quantitative estimate of drug-likeness (QED) is 0.290. The van der Waals surface area contributed by atoms with E-state index in [9.17, 15) is 0 Å². The van der Waals surface area contributed by atoms with Crippen LogP contribution in [0.2, 0.25) is 0 Å². The number of unbranched alkanes of at least 4 members (excludes halogenated alkanes) is 2. The van der Waals surface area contributed by atoms with E-state index in [0.717, 1.165) is 34.9 Å². The molecule has 0 N–H and O–H groups in total. The first-order valence-electron chi connectivity index (χ1n) is 10.9. The Labute approximate surface area is 186 Å². The van der Waals surface area contributed by atoms with E-state index in [0.29, 0.717) is 0 Å². The van der Waals surface area contributed by atoms with Gasteiger partial charge in [-0.2, -0.15) is 0 Å². The fourth-order valence-electron chi connectivity index (χ4n) is 3.93. The van der Waals surface area contributed by atoms with Gasteiger partial charge in [-0.25, -0.2) is 9.98 Å². The molecular formula is C26H25N2S2. The van der Waals surface area contributed by atoms with Crippen LogP contribution in [-0.4, -0.2) is 0 Å². The molecule has 1 radical (unpaired) electrons. The molecule has 0 atom stereocenters. The molecular weight excluding hydrogens is 404 g/mol. The number of hydrogen-bond acceptors (Lipinski definition) is 4. The molecule has 2 aliphatic heterocycles. The molecule has 3 aromatic carbocycles. The lowest BCUT2D eigenvalue weighted by molar-refractivity contribution is 0.755. The predicted molar refractivity (Wildman–Crippen MR) is 125 cm³/mol. The fourth-order valence-corrected chi connectivity index (χ4v) is 5.92. The van der Waals surface area contributed by atoms with E-state index in [1.54, 1.807) is 11.8 Å². The van der Waals surface area contributed by atoms with Crippen molar-refractivity contribution in [2.75, 3.05) is 0 Å². The van der Waals surface area contributed by atoms with Crippen LogP contribution in [0.3, 0.4) is 0 Å². The van der Waals surface area contributed by atoms with Gasteiger partial charge in [0.2, 0.25) is 0 Å². The smallest absolute Gasteiger partial charge is 0.0858 e. The van der Waals surface area contributed by atoms with Crippen LogP contribution >= 0.6 is 23.5 Å². The number of hydrogen-bond donors (Lipinski definition) is 0. The Hall–Kier alpha value is -2.04. The Morgan fingerprint density at radius 3 is 2.27 bits per heavy atom. The Morgan fingerprint density at radius 1 is 0.767 bits per heavy atom. The van der Waals surface area contributed by atoms with Crippen LogP contribution < -0.4 is 10.7 Å². The van der Waals surface area contributed by atoms with Gasteiger partial charge in [0.15, 0.2) is 0 Å². The molecule has 30 heavy (non-hydrogen) atoms. The molecule has 0 bridgehead atoms. The van der Waals surface area contributed by atoms with Gasteiger partial charge in [0, 0.05) is 25.6 Å². The van der Waals surface area contributed by atoms with Crippen molar-refractivity contribution in [1.82, 2.24) is 0 Å². The summed E-state index contributed by atoms with van der Waals surface area (Å²) in [6.07, 6.45) is 7.11. The van der Waals surface area contributed by atoms with Crippen molar-refractivity contribution in [3.8, 4) is 0 Å². The van der Waals surface area contributed by atoms with Crippen molar-refractivity contribution < 1.29 is 0 Å². The highest BCUT2D eigenvalue weighted by atomic mass is 32.2. The Morgan fingerprint density at radius 2 is 1.47 bits per heavy atom. The zero-order valence-electron chi connectivity index (χ0n) is 17.5. The van der Waals surface area contributed by atoms with Gasteiger partial charge >= 0.3 is 0 Å². The number of benzene rings is 3. The molecule has 0 aromatic heterocycles. The summed E-state index contributed by atoms with van der Waals surface area (Å²) in [5.74, 6) is 0. The SMILES string of the molecule is CCCCc1[c]c2c(cc1CCCC)Sc1cc3c(cc1=N2)Sc1ccccc1N=3. The number of rotatable bonds is 6. The highest BCUT2D eigenvalue weighted by Gasteiger charge is 2.19. The molecule has 2 aliphatic rings. The van der Waals surface area contributed by atoms with E-state index < -0.39 is 0 Å². The highest BCUT2D eigenvalue weighted by molar-refractivity contribution is 8.00. The summed E-state index contributed by atoms with van der Waals surface area (Å²) < 4.78 is 0. The van der Waals surface area contributed by atoms with Crippen molar-refractivity contribution in [2.45, 2.75) is 72.0 Å². The topological polar surface area (TPSA) is 24.7 Å². The third-order valence-corrected chi connectivity index (χ3v) is 7.78. The second kappa shape index (κ2) is 8.60. The van der Waals surface area contributed by atoms with Crippen molar-refractivity contribution in [3.63, 3.8) is 0 Å². The van der Waals surface area contributed by atoms with Crippen molar-refractivity contribution >= 4 is 34.9 Å². The minimum atomic E-state index is 1.01. The molecule has 4 heteroatoms. The lowest BCUT2D eigenvalue weighted by Crippen LogP contribution is -2.18. The average Bonchev–Trinajstić information content (AvgIpc) is 2.77. The summed E-state index contributed by atoms with van der Waals surface area (Å²) in [4.78, 5) is 14.8. The fraction of sp³-hybridized carbons (Fsp3) is 0.308. The second-order valence-electron chi connectivity index (χ2n) is 7.88. The van der Waals surface area contributed by atoms with E-state index in [1.807, 2.05) is 11.8 Å². The van der Waals surface area contributed by atoms with Crippen LogP contribution in [0.5, 0.6) is 0 Å². The maximum Gasteiger partial charge on any atom is 0.0858 e. The molecule has 0 spiro atoms. The first-order valence-corrected chi connectivity index (χ1v) is 12.5. The van der Waals surface area contributed by atoms with Crippen LogP contribution in [0, 0.1) is 6.07 Å². The van der Waals surface area contributed by atoms with E-state index in [4.69, 9.17) is 9.98 Å². The molecule has 151 valence electrons. The van der Waals surface area contributed by atoms with Crippen LogP contribution in [-0.2, 0) is 12.8 Å². The van der Waals surface area contributed by atoms with Gasteiger partial charge in [-0.15, -0.1) is 0 Å². The normalized spacial score (nSPS) is 13.4. The molecule has 0 aliphatic carbocycles. The minimum absolute atomic E-state index is 1.01. The maximum absolute atomic E-state index is 5.03. The summed E-state index contributed by atoms with van der Waals surface area (Å²) >= 11 is 3.61. The highest BCUT2D eigenvalue weighted by Crippen LogP contribution is 2.41. The molecule has 0 saturated heterocycles. The third-order valence-electron chi connectivity index (χ3n) is 5.59. The van der Waals surface area contributed by atoms with E-state index in [-0.39, 0.29) is 0 Å². The van der Waals surface area contributed by atoms with E-state index >= 15 is 0 Å². The van der Waals surface area contributed by atoms with E-state index in [2.05, 4.69) is 62.4 Å². The Kier molecular flexibility index (Phi) is 5.70. The lowest BCUT2D eigenvalue weighted by atomic mass is 9.97. The summed E-state index contributed by atoms with van der Waals surface area (Å²) in [5, 5.41) is 2.10. The summed E-state index contributed by atoms with van der Waals surface area (Å²) in [6.45, 7) is 4.52. The number of para-hydroxylation sites is 1. The zero-order chi connectivity index (χ0) is 20.5. The first-order chi connectivity index (χ1) is 14.7. The van der Waals surface area contributed by atoms with Crippen LogP contribution in [0.15, 0.2) is 72.0 Å². The standard InChI is InChI=1S/C26H25N2S2/c1-3-5-9-17-13-20-24(14-18(17)10-6-4-2)30-26-15-21-25(16-22(26)28-20)29-23-12-8-7-11-19(23)27-21/h7-8,11-12,14-16H,3-6,9-10H2,1-2H3. The van der Waals surface area contributed by atoms with Gasteiger partial charge in [-0.1, -0.05) is 62.3 Å². The predicted octanol–water partition coefficient (Wildman–Crippen LogP) is 7.00. The zero-order valence-corrected chi connectivity index (χ0v) is 19.1. The van der Waals surface area contributed by atoms with Gasteiger partial charge < -0.3 is 0 Å². The summed E-state index contributed by atoms with van der Waals surface area (Å²) in [7, 11) is 0. The van der Waals surface area contributed by atoms with Gasteiger partial charge in [-0.05, 0) is 67.1 Å². The largest absolute Gasteiger partial charge is 0.247 e. The number of fused-ring (bicyclic) bond motifs is 4. The van der Waals surface area contributed by atoms with Gasteiger partial charge in [0.25, 0.3) is 0 Å². The Balaban J connectivity index is 1.58. The summed E-state index contributed by atoms with van der Waals surface area (Å²) in [5.41, 5.74) is 4.90. The lowest BCUT2D eigenvalue weighted by Gasteiger charge is -2.18. The van der Waals surface area contributed by atoms with Crippen molar-refractivity contribution in [1.29, 1.82) is 0 Å². The van der Waals surface area contributed by atoms with Crippen molar-refractivity contribution in [2.24, 2.45) is 9.98 Å². The molecule has 3 aromatic rings. The van der Waals surface area contributed by atoms with Gasteiger partial charge in [0.1, 0.15) is 0 Å². The van der Waals surface area contributed by atoms with Crippen molar-refractivity contribution in [3.05, 3.63) is 70.4 Å². The van der Waals surface area contributed by atoms with Crippen LogP contribution in [0.1, 0.15) is 50.7 Å². The maximum atomic E-state index is 5.03. The van der Waals surface area contributed by atoms with Gasteiger partial charge in [-0.3, -0.25) is 0 Å². The number of aryl methyl sites for hydroxylation is 2. The monoisotopic (exact) mass is 429 g/mol. The van der Waals surface area contributed by atoms with Crippen LogP contribution in [0.4, 0.5) is 11.4 Å². The summed E-state index contributed by atoms with van der Waals surface area (Å²) in [6, 6.07) is 18.8. The molecule has 0 unspecified atom stereocenters. The molecule has 0 fully saturated rings.